The monoisotopic (exact) mass is 365 g/mol. The first-order chi connectivity index (χ1) is 11.7. The summed E-state index contributed by atoms with van der Waals surface area (Å²) in [5, 5.41) is 12.2. The predicted octanol–water partition coefficient (Wildman–Crippen LogP) is 1.80. The van der Waals surface area contributed by atoms with Crippen molar-refractivity contribution < 1.29 is 18.9 Å². The quantitative estimate of drug-likeness (QED) is 0.779. The summed E-state index contributed by atoms with van der Waals surface area (Å²) in [5.74, 6) is -1.50. The summed E-state index contributed by atoms with van der Waals surface area (Å²) < 4.78 is 15.5. The Hall–Kier alpha value is -2.19. The largest absolute Gasteiger partial charge is 0.478 e. The summed E-state index contributed by atoms with van der Waals surface area (Å²) in [7, 11) is 1.73. The van der Waals surface area contributed by atoms with Gasteiger partial charge in [-0.25, -0.2) is 13.3 Å². The smallest absolute Gasteiger partial charge is 0.335 e. The highest BCUT2D eigenvalue weighted by atomic mass is 32.2. The van der Waals surface area contributed by atoms with E-state index in [0.717, 1.165) is 5.57 Å². The molecule has 2 unspecified atom stereocenters. The number of amides is 1. The van der Waals surface area contributed by atoms with E-state index in [9.17, 15) is 18.9 Å². The van der Waals surface area contributed by atoms with Crippen LogP contribution in [0.4, 0.5) is 5.69 Å². The van der Waals surface area contributed by atoms with Gasteiger partial charge >= 0.3 is 5.97 Å². The molecule has 25 heavy (non-hydrogen) atoms. The van der Waals surface area contributed by atoms with Gasteiger partial charge in [-0.15, -0.1) is 0 Å². The van der Waals surface area contributed by atoms with E-state index in [1.54, 1.807) is 21.7 Å². The van der Waals surface area contributed by atoms with Crippen LogP contribution in [0.5, 0.6) is 0 Å². The Morgan fingerprint density at radius 1 is 1.28 bits per heavy atom. The minimum atomic E-state index is -1.39. The maximum atomic E-state index is 12.5. The fourth-order valence-electron chi connectivity index (χ4n) is 2.43. The van der Waals surface area contributed by atoms with Gasteiger partial charge in [-0.2, -0.15) is 0 Å². The molecule has 1 amide bonds. The lowest BCUT2D eigenvalue weighted by Gasteiger charge is -2.19. The highest BCUT2D eigenvalue weighted by molar-refractivity contribution is 7.84. The second kappa shape index (κ2) is 7.79. The Morgan fingerprint density at radius 2 is 1.92 bits per heavy atom. The van der Waals surface area contributed by atoms with Crippen molar-refractivity contribution in [1.29, 1.82) is 0 Å². The molecule has 1 aromatic rings. The minimum Gasteiger partial charge on any atom is -0.478 e. The van der Waals surface area contributed by atoms with Gasteiger partial charge in [0.25, 0.3) is 5.91 Å². The van der Waals surface area contributed by atoms with Gasteiger partial charge in [-0.05, 0) is 39.0 Å². The lowest BCUT2D eigenvalue weighted by atomic mass is 10.1. The zero-order valence-electron chi connectivity index (χ0n) is 14.8. The van der Waals surface area contributed by atoms with Gasteiger partial charge < -0.3 is 10.4 Å². The lowest BCUT2D eigenvalue weighted by molar-refractivity contribution is 0.0697. The summed E-state index contributed by atoms with van der Waals surface area (Å²) in [5.41, 5.74) is 1.69. The molecule has 1 aliphatic heterocycles. The standard InChI is InChI=1S/C17H23N3O4S/c1-5-11(2)12(3)18-16(21)13-8-14(17(22)23)10-15(9-13)20-7-6-19(4)25(20)24/h5,8-10,12H,6-7H2,1-4H3,(H,18,21)(H,22,23). The van der Waals surface area contributed by atoms with Crippen molar-refractivity contribution in [3.63, 3.8) is 0 Å². The maximum Gasteiger partial charge on any atom is 0.335 e. The average molecular weight is 365 g/mol. The number of carbonyl (C=O) groups excluding carboxylic acids is 1. The van der Waals surface area contributed by atoms with Gasteiger partial charge in [-0.3, -0.25) is 9.10 Å². The first-order valence-electron chi connectivity index (χ1n) is 7.97. The fraction of sp³-hybridized carbons (Fsp3) is 0.412. The molecule has 7 nitrogen and oxygen atoms in total. The van der Waals surface area contributed by atoms with Crippen LogP contribution < -0.4 is 9.62 Å². The first-order valence-corrected chi connectivity index (χ1v) is 9.03. The predicted molar refractivity (Wildman–Crippen MR) is 97.9 cm³/mol. The van der Waals surface area contributed by atoms with Crippen LogP contribution in [-0.4, -0.2) is 51.7 Å². The molecule has 2 N–H and O–H groups in total. The van der Waals surface area contributed by atoms with Crippen LogP contribution in [0.1, 0.15) is 41.5 Å². The van der Waals surface area contributed by atoms with E-state index in [1.165, 1.54) is 12.1 Å². The number of rotatable bonds is 5. The molecule has 0 saturated carbocycles. The third kappa shape index (κ3) is 4.26. The van der Waals surface area contributed by atoms with Crippen molar-refractivity contribution in [3.05, 3.63) is 41.0 Å². The number of nitrogens with one attached hydrogen (secondary N) is 1. The maximum absolute atomic E-state index is 12.5. The van der Waals surface area contributed by atoms with E-state index < -0.39 is 17.1 Å². The fourth-order valence-corrected chi connectivity index (χ4v) is 3.53. The van der Waals surface area contributed by atoms with E-state index in [4.69, 9.17) is 0 Å². The molecular formula is C17H23N3O4S. The number of benzene rings is 1. The van der Waals surface area contributed by atoms with E-state index >= 15 is 0 Å². The van der Waals surface area contributed by atoms with Gasteiger partial charge in [0.2, 0.25) is 0 Å². The van der Waals surface area contributed by atoms with E-state index in [1.807, 2.05) is 26.8 Å². The molecule has 0 aliphatic carbocycles. The number of carbonyl (C=O) groups is 2. The Bertz CT molecular complexity index is 747. The van der Waals surface area contributed by atoms with Crippen molar-refractivity contribution in [3.8, 4) is 0 Å². The minimum absolute atomic E-state index is 0.00962. The lowest BCUT2D eigenvalue weighted by Crippen LogP contribution is -2.33. The van der Waals surface area contributed by atoms with E-state index in [2.05, 4.69) is 5.32 Å². The SMILES string of the molecule is CC=C(C)C(C)NC(=O)c1cc(C(=O)O)cc(N2CCN(C)S2=O)c1. The summed E-state index contributed by atoms with van der Waals surface area (Å²) in [6, 6.07) is 4.19. The molecule has 1 heterocycles. The third-order valence-electron chi connectivity index (χ3n) is 4.27. The van der Waals surface area contributed by atoms with Crippen LogP contribution >= 0.6 is 0 Å². The summed E-state index contributed by atoms with van der Waals surface area (Å²) >= 11 is -1.39. The summed E-state index contributed by atoms with van der Waals surface area (Å²) in [6.45, 7) is 6.76. The van der Waals surface area contributed by atoms with Gasteiger partial charge in [0.15, 0.2) is 11.2 Å². The van der Waals surface area contributed by atoms with Crippen LogP contribution in [-0.2, 0) is 11.2 Å². The Labute approximate surface area is 150 Å². The highest BCUT2D eigenvalue weighted by Crippen LogP contribution is 2.25. The molecule has 136 valence electrons. The molecule has 0 bridgehead atoms. The molecule has 0 spiro atoms. The molecule has 1 aromatic carbocycles. The normalized spacial score (nSPS) is 19.8. The van der Waals surface area contributed by atoms with Crippen molar-refractivity contribution in [2.45, 2.75) is 26.8 Å². The zero-order valence-corrected chi connectivity index (χ0v) is 15.6. The number of aromatic carboxylic acids is 1. The number of nitrogens with zero attached hydrogens (tertiary/aromatic N) is 2. The molecule has 2 atom stereocenters. The molecule has 1 fully saturated rings. The van der Waals surface area contributed by atoms with Crippen molar-refractivity contribution in [2.24, 2.45) is 0 Å². The van der Waals surface area contributed by atoms with E-state index in [0.29, 0.717) is 18.8 Å². The summed E-state index contributed by atoms with van der Waals surface area (Å²) in [4.78, 5) is 23.9. The summed E-state index contributed by atoms with van der Waals surface area (Å²) in [6.07, 6.45) is 1.91. The molecule has 8 heteroatoms. The topological polar surface area (TPSA) is 89.9 Å². The average Bonchev–Trinajstić information content (AvgIpc) is 2.92. The molecule has 0 aromatic heterocycles. The zero-order chi connectivity index (χ0) is 18.7. The van der Waals surface area contributed by atoms with Crippen LogP contribution in [0, 0.1) is 0 Å². The highest BCUT2D eigenvalue weighted by Gasteiger charge is 2.27. The van der Waals surface area contributed by atoms with E-state index in [-0.39, 0.29) is 23.1 Å². The second-order valence-corrected chi connectivity index (χ2v) is 7.51. The molecule has 1 saturated heterocycles. The number of likely N-dealkylation sites (N-methyl/N-ethyl adjacent to an activating group) is 1. The van der Waals surface area contributed by atoms with Gasteiger partial charge in [-0.1, -0.05) is 11.6 Å². The Kier molecular flexibility index (Phi) is 5.97. The Balaban J connectivity index is 2.36. The second-order valence-electron chi connectivity index (χ2n) is 5.99. The number of hydrogen-bond donors (Lipinski definition) is 2. The van der Waals surface area contributed by atoms with Crippen LogP contribution in [0.3, 0.4) is 0 Å². The molecule has 1 aliphatic rings. The van der Waals surface area contributed by atoms with Crippen molar-refractivity contribution >= 4 is 28.7 Å². The van der Waals surface area contributed by atoms with Crippen LogP contribution in [0.25, 0.3) is 0 Å². The number of allylic oxidation sites excluding steroid dienone is 1. The van der Waals surface area contributed by atoms with Gasteiger partial charge in [0.05, 0.1) is 11.3 Å². The van der Waals surface area contributed by atoms with Crippen LogP contribution in [0.15, 0.2) is 29.8 Å². The third-order valence-corrected chi connectivity index (χ3v) is 5.76. The van der Waals surface area contributed by atoms with Crippen molar-refractivity contribution in [1.82, 2.24) is 9.62 Å². The first kappa shape index (κ1) is 19.1. The van der Waals surface area contributed by atoms with Crippen molar-refractivity contribution in [2.75, 3.05) is 24.4 Å². The van der Waals surface area contributed by atoms with Gasteiger partial charge in [0.1, 0.15) is 0 Å². The number of carboxylic acids is 1. The number of anilines is 1. The molecule has 0 radical (unpaired) electrons. The molecular weight excluding hydrogens is 342 g/mol. The number of hydrogen-bond acceptors (Lipinski definition) is 3. The van der Waals surface area contributed by atoms with Crippen LogP contribution in [0.2, 0.25) is 0 Å². The Morgan fingerprint density at radius 3 is 2.44 bits per heavy atom. The van der Waals surface area contributed by atoms with Gasteiger partial charge in [0, 0.05) is 31.7 Å². The number of carboxylic acid groups (broad SMARTS) is 1. The molecule has 2 rings (SSSR count).